The average Bonchev–Trinajstić information content (AvgIpc) is 4.27. The van der Waals surface area contributed by atoms with Gasteiger partial charge in [0.05, 0.1) is 27.6 Å². The number of pyridine rings is 1. The maximum atomic E-state index is 12.2. The molecule has 0 atom stereocenters. The number of nitrogens with zero attached hydrogens (tertiary/aromatic N) is 2. The number of Topliss-reactive ketones (excluding diaryl/α,β-unsaturated/α-hetero) is 1. The number of amides is 4. The van der Waals surface area contributed by atoms with Gasteiger partial charge in [-0.2, -0.15) is 0 Å². The third-order valence-corrected chi connectivity index (χ3v) is 11.1. The quantitative estimate of drug-likeness (QED) is 0.0702. The van der Waals surface area contributed by atoms with E-state index in [1.165, 1.54) is 17.6 Å². The van der Waals surface area contributed by atoms with E-state index in [2.05, 4.69) is 47.2 Å². The first-order chi connectivity index (χ1) is 36.4. The molecule has 0 spiro atoms. The van der Waals surface area contributed by atoms with Crippen molar-refractivity contribution in [2.45, 2.75) is 0 Å². The third kappa shape index (κ3) is 18.2. The van der Waals surface area contributed by atoms with Crippen LogP contribution in [-0.4, -0.2) is 67.3 Å². The number of aromatic nitrogens is 2. The molecule has 17 nitrogen and oxygen atoms in total. The van der Waals surface area contributed by atoms with Crippen LogP contribution in [0.1, 0.15) is 51.8 Å². The molecule has 5 aromatic carbocycles. The fourth-order valence-corrected chi connectivity index (χ4v) is 7.13. The van der Waals surface area contributed by atoms with E-state index in [1.807, 2.05) is 12.1 Å². The molecule has 4 amide bonds. The summed E-state index contributed by atoms with van der Waals surface area (Å²) in [5.41, 5.74) is 3.43. The molecule has 0 saturated heterocycles. The molecule has 4 heterocycles. The van der Waals surface area contributed by atoms with Gasteiger partial charge in [0.1, 0.15) is 28.7 Å². The second kappa shape index (κ2) is 28.9. The summed E-state index contributed by atoms with van der Waals surface area (Å²) in [5, 5.41) is 13.7. The number of furan rings is 2. The lowest BCUT2D eigenvalue weighted by molar-refractivity contribution is 0.0919. The minimum absolute atomic E-state index is 0.122. The summed E-state index contributed by atoms with van der Waals surface area (Å²) >= 11 is 10.3. The van der Waals surface area contributed by atoms with Crippen LogP contribution in [0.15, 0.2) is 201 Å². The Balaban J connectivity index is 0.000000167. The number of halogens is 2. The van der Waals surface area contributed by atoms with Crippen molar-refractivity contribution in [1.29, 1.82) is 0 Å². The van der Waals surface area contributed by atoms with Crippen molar-refractivity contribution in [2.24, 2.45) is 0 Å². The van der Waals surface area contributed by atoms with Gasteiger partial charge < -0.3 is 49.0 Å². The lowest BCUT2D eigenvalue weighted by Gasteiger charge is -2.09. The van der Waals surface area contributed by atoms with Gasteiger partial charge in [-0.25, -0.2) is 4.98 Å². The second-order valence-corrected chi connectivity index (χ2v) is 17.0. The van der Waals surface area contributed by atoms with Gasteiger partial charge in [-0.3, -0.25) is 29.0 Å². The standard InChI is InChI=1S/C20H17NO5.C12H10BrNO3.C12H9ClN2O.C11H10N2O2S/c1-24-16-7-2-5-14(11-16)18(22)13-26-17-8-3-6-15(12-17)21-20(23)19-9-4-10-25-19;1-16-9-4-2-3-8(7-9)14-12(15)10-5-6-11(13)17-10;13-9-4-3-5-10(8-9)15-12(16)11-6-1-2-7-14-11;1-15-9-4-2-3-8(7-9)13-10(14)11-12-5-6-16-11/h2-12H,13H2,1H3,(H,21,23);2-7H,1H3,(H,14,15);1-8H,(H,15,16);2-7H,1H3,(H,13,14). The summed E-state index contributed by atoms with van der Waals surface area (Å²) in [5.74, 6) is 1.64. The molecule has 0 saturated carbocycles. The lowest BCUT2D eigenvalue weighted by atomic mass is 10.1. The predicted molar refractivity (Wildman–Crippen MR) is 290 cm³/mol. The SMILES string of the molecule is COc1cccc(C(=O)COc2cccc(NC(=O)c3ccco3)c2)c1.COc1cccc(NC(=O)c2ccc(Br)o2)c1.COc1cccc(NC(=O)c2nccs2)c1.O=C(Nc1cccc(Cl)c1)c1ccccn1. The Morgan fingerprint density at radius 2 is 1.11 bits per heavy atom. The van der Waals surface area contributed by atoms with Crippen LogP contribution in [0.5, 0.6) is 23.0 Å². The fourth-order valence-electron chi connectivity index (χ4n) is 6.10. The fraction of sp³-hybridized carbons (Fsp3) is 0.0727. The molecule has 0 aliphatic heterocycles. The Labute approximate surface area is 447 Å². The van der Waals surface area contributed by atoms with Gasteiger partial charge in [0.15, 0.2) is 33.6 Å². The Kier molecular flexibility index (Phi) is 21.3. The number of hydrogen-bond donors (Lipinski definition) is 4. The topological polar surface area (TPSA) is 222 Å². The number of rotatable bonds is 15. The Hall–Kier alpha value is -9.04. The number of carbonyl (C=O) groups is 5. The number of ketones is 1. The number of thiazole rings is 1. The van der Waals surface area contributed by atoms with Crippen LogP contribution < -0.4 is 40.2 Å². The molecule has 0 radical (unpaired) electrons. The summed E-state index contributed by atoms with van der Waals surface area (Å²) in [4.78, 5) is 67.3. The maximum Gasteiger partial charge on any atom is 0.291 e. The van der Waals surface area contributed by atoms with E-state index >= 15 is 0 Å². The molecule has 0 fully saturated rings. The first-order valence-corrected chi connectivity index (χ1v) is 24.2. The van der Waals surface area contributed by atoms with E-state index in [-0.39, 0.29) is 47.5 Å². The monoisotopic (exact) mass is 1110 g/mol. The maximum absolute atomic E-state index is 12.2. The molecule has 4 N–H and O–H groups in total. The van der Waals surface area contributed by atoms with Crippen LogP contribution in [0.3, 0.4) is 0 Å². The van der Waals surface area contributed by atoms with Gasteiger partial charge in [-0.1, -0.05) is 54.1 Å². The van der Waals surface area contributed by atoms with Crippen molar-refractivity contribution in [3.8, 4) is 23.0 Å². The number of carbonyl (C=O) groups excluding carboxylic acids is 5. The predicted octanol–water partition coefficient (Wildman–Crippen LogP) is 12.5. The number of nitrogens with one attached hydrogen (secondary N) is 4. The van der Waals surface area contributed by atoms with E-state index in [1.54, 1.807) is 191 Å². The largest absolute Gasteiger partial charge is 0.497 e. The van der Waals surface area contributed by atoms with Crippen LogP contribution in [0.4, 0.5) is 22.7 Å². The van der Waals surface area contributed by atoms with Gasteiger partial charge >= 0.3 is 0 Å². The highest BCUT2D eigenvalue weighted by Gasteiger charge is 2.13. The number of anilines is 4. The summed E-state index contributed by atoms with van der Waals surface area (Å²) in [7, 11) is 4.70. The minimum Gasteiger partial charge on any atom is -0.497 e. The van der Waals surface area contributed by atoms with Crippen molar-refractivity contribution < 1.29 is 51.8 Å². The zero-order chi connectivity index (χ0) is 53.4. The number of hydrogen-bond acceptors (Lipinski definition) is 14. The van der Waals surface area contributed by atoms with E-state index in [9.17, 15) is 24.0 Å². The highest BCUT2D eigenvalue weighted by atomic mass is 79.9. The summed E-state index contributed by atoms with van der Waals surface area (Å²) in [6.45, 7) is -0.122. The lowest BCUT2D eigenvalue weighted by Crippen LogP contribution is -2.13. The number of ether oxygens (including phenoxy) is 4. The zero-order valence-electron chi connectivity index (χ0n) is 40.2. The van der Waals surface area contributed by atoms with Crippen molar-refractivity contribution in [3.63, 3.8) is 0 Å². The summed E-state index contributed by atoms with van der Waals surface area (Å²) < 4.78 is 31.5. The second-order valence-electron chi connectivity index (χ2n) is 14.9. The van der Waals surface area contributed by atoms with Crippen LogP contribution in [-0.2, 0) is 0 Å². The highest BCUT2D eigenvalue weighted by Crippen LogP contribution is 2.22. The molecule has 0 aliphatic carbocycles. The Morgan fingerprint density at radius 3 is 1.65 bits per heavy atom. The van der Waals surface area contributed by atoms with Crippen molar-refractivity contribution in [2.75, 3.05) is 49.2 Å². The first kappa shape index (κ1) is 55.3. The molecule has 0 bridgehead atoms. The van der Waals surface area contributed by atoms with Crippen molar-refractivity contribution >= 4 is 91.0 Å². The molecule has 9 aromatic rings. The molecule has 9 rings (SSSR count). The van der Waals surface area contributed by atoms with Crippen molar-refractivity contribution in [3.05, 3.63) is 225 Å². The normalized spacial score (nSPS) is 9.99. The van der Waals surface area contributed by atoms with Crippen LogP contribution >= 0.6 is 38.9 Å². The molecule has 4 aromatic heterocycles. The molecule has 0 unspecified atom stereocenters. The van der Waals surface area contributed by atoms with Gasteiger partial charge in [0.2, 0.25) is 0 Å². The van der Waals surface area contributed by atoms with E-state index in [0.29, 0.717) is 71.7 Å². The summed E-state index contributed by atoms with van der Waals surface area (Å²) in [6.07, 6.45) is 4.61. The van der Waals surface area contributed by atoms with Gasteiger partial charge in [-0.15, -0.1) is 11.3 Å². The third-order valence-electron chi connectivity index (χ3n) is 9.66. The van der Waals surface area contributed by atoms with Gasteiger partial charge in [-0.05, 0) is 119 Å². The van der Waals surface area contributed by atoms with Crippen LogP contribution in [0.2, 0.25) is 5.02 Å². The van der Waals surface area contributed by atoms with E-state index in [4.69, 9.17) is 39.4 Å². The van der Waals surface area contributed by atoms with Crippen LogP contribution in [0.25, 0.3) is 0 Å². The van der Waals surface area contributed by atoms with Crippen molar-refractivity contribution in [1.82, 2.24) is 9.97 Å². The number of methoxy groups -OCH3 is 3. The molecular formula is C55H46BrClN6O11S. The van der Waals surface area contributed by atoms with E-state index in [0.717, 1.165) is 0 Å². The molecular weight excluding hydrogens is 1070 g/mol. The Morgan fingerprint density at radius 1 is 0.547 bits per heavy atom. The Bertz CT molecular complexity index is 3290. The van der Waals surface area contributed by atoms with Gasteiger partial charge in [0, 0.05) is 69.3 Å². The first-order valence-electron chi connectivity index (χ1n) is 22.2. The number of benzene rings is 5. The molecule has 20 heteroatoms. The molecule has 75 heavy (non-hydrogen) atoms. The minimum atomic E-state index is -0.361. The smallest absolute Gasteiger partial charge is 0.291 e. The molecule has 0 aliphatic rings. The highest BCUT2D eigenvalue weighted by molar-refractivity contribution is 9.10. The average molecular weight is 1110 g/mol. The van der Waals surface area contributed by atoms with Gasteiger partial charge in [0.25, 0.3) is 23.6 Å². The molecule has 382 valence electrons. The van der Waals surface area contributed by atoms with Crippen LogP contribution in [0, 0.1) is 0 Å². The van der Waals surface area contributed by atoms with E-state index < -0.39 is 0 Å². The zero-order valence-corrected chi connectivity index (χ0v) is 43.3. The summed E-state index contributed by atoms with van der Waals surface area (Å²) in [6, 6.07) is 46.6.